The Hall–Kier alpha value is -1.75. The molecule has 0 aromatic heterocycles. The topological polar surface area (TPSA) is 66.8 Å². The lowest BCUT2D eigenvalue weighted by molar-refractivity contribution is -0.137. The molecule has 1 fully saturated rings. The molecule has 0 radical (unpaired) electrons. The molecule has 5 nitrogen and oxygen atoms in total. The van der Waals surface area contributed by atoms with Gasteiger partial charge in [0.1, 0.15) is 5.75 Å². The second kappa shape index (κ2) is 8.20. The van der Waals surface area contributed by atoms with Crippen molar-refractivity contribution in [3.8, 4) is 5.75 Å². The lowest BCUT2D eigenvalue weighted by atomic mass is 9.93. The van der Waals surface area contributed by atoms with Crippen molar-refractivity contribution in [3.05, 3.63) is 28.8 Å². The zero-order valence-electron chi connectivity index (χ0n) is 13.3. The molecule has 1 aliphatic heterocycles. The summed E-state index contributed by atoms with van der Waals surface area (Å²) in [5.41, 5.74) is 0.783. The van der Waals surface area contributed by atoms with Gasteiger partial charge in [-0.1, -0.05) is 17.7 Å². The Morgan fingerprint density at radius 1 is 1.43 bits per heavy atom. The van der Waals surface area contributed by atoms with E-state index in [1.807, 2.05) is 11.0 Å². The Morgan fingerprint density at radius 2 is 2.22 bits per heavy atom. The van der Waals surface area contributed by atoms with Crippen molar-refractivity contribution >= 4 is 23.5 Å². The number of hydrogen-bond acceptors (Lipinski definition) is 3. The van der Waals surface area contributed by atoms with Gasteiger partial charge in [0.15, 0.2) is 0 Å². The van der Waals surface area contributed by atoms with Gasteiger partial charge in [-0.05, 0) is 42.9 Å². The SMILES string of the molecule is COc1ccc(CC(=O)N2CCC[C@H](CCC(=O)O)C2)c(Cl)c1. The van der Waals surface area contributed by atoms with Crippen LogP contribution in [0.1, 0.15) is 31.2 Å². The average Bonchev–Trinajstić information content (AvgIpc) is 2.55. The van der Waals surface area contributed by atoms with E-state index in [1.165, 1.54) is 0 Å². The number of likely N-dealkylation sites (tertiary alicyclic amines) is 1. The van der Waals surface area contributed by atoms with Crippen molar-refractivity contribution in [2.24, 2.45) is 5.92 Å². The molecule has 1 atom stereocenters. The number of carboxylic acid groups (broad SMARTS) is 1. The largest absolute Gasteiger partial charge is 0.497 e. The third-order valence-electron chi connectivity index (χ3n) is 4.24. The summed E-state index contributed by atoms with van der Waals surface area (Å²) < 4.78 is 5.10. The predicted octanol–water partition coefficient (Wildman–Crippen LogP) is 2.99. The van der Waals surface area contributed by atoms with Crippen LogP contribution in [0.4, 0.5) is 0 Å². The van der Waals surface area contributed by atoms with Crippen molar-refractivity contribution in [1.82, 2.24) is 4.90 Å². The fourth-order valence-corrected chi connectivity index (χ4v) is 3.17. The number of aliphatic carboxylic acids is 1. The first-order valence-electron chi connectivity index (χ1n) is 7.81. The highest BCUT2D eigenvalue weighted by atomic mass is 35.5. The molecule has 1 aliphatic rings. The second-order valence-corrected chi connectivity index (χ2v) is 6.32. The number of halogens is 1. The molecule has 1 amide bonds. The van der Waals surface area contributed by atoms with Crippen molar-refractivity contribution in [3.63, 3.8) is 0 Å². The highest BCUT2D eigenvalue weighted by Gasteiger charge is 2.24. The van der Waals surface area contributed by atoms with E-state index in [1.54, 1.807) is 19.2 Å². The van der Waals surface area contributed by atoms with Crippen LogP contribution in [0, 0.1) is 5.92 Å². The number of carbonyl (C=O) groups excluding carboxylic acids is 1. The van der Waals surface area contributed by atoms with Crippen molar-refractivity contribution in [2.75, 3.05) is 20.2 Å². The van der Waals surface area contributed by atoms with Crippen molar-refractivity contribution < 1.29 is 19.4 Å². The Kier molecular flexibility index (Phi) is 6.28. The molecule has 0 bridgehead atoms. The van der Waals surface area contributed by atoms with Crippen LogP contribution in [0.25, 0.3) is 0 Å². The average molecular weight is 340 g/mol. The lowest BCUT2D eigenvalue weighted by Crippen LogP contribution is -2.40. The Labute approximate surface area is 141 Å². The van der Waals surface area contributed by atoms with Crippen LogP contribution in [0.5, 0.6) is 5.75 Å². The zero-order chi connectivity index (χ0) is 16.8. The van der Waals surface area contributed by atoms with Gasteiger partial charge in [-0.3, -0.25) is 9.59 Å². The van der Waals surface area contributed by atoms with Crippen LogP contribution < -0.4 is 4.74 Å². The minimum Gasteiger partial charge on any atom is -0.497 e. The minimum absolute atomic E-state index is 0.0390. The third-order valence-corrected chi connectivity index (χ3v) is 4.59. The molecule has 23 heavy (non-hydrogen) atoms. The Morgan fingerprint density at radius 3 is 2.87 bits per heavy atom. The number of rotatable bonds is 6. The maximum atomic E-state index is 12.5. The van der Waals surface area contributed by atoms with Crippen LogP contribution >= 0.6 is 11.6 Å². The second-order valence-electron chi connectivity index (χ2n) is 5.91. The Bertz CT molecular complexity index is 576. The van der Waals surface area contributed by atoms with Gasteiger partial charge in [0.2, 0.25) is 5.91 Å². The van der Waals surface area contributed by atoms with E-state index in [0.717, 1.165) is 24.9 Å². The van der Waals surface area contributed by atoms with Crippen LogP contribution in [0.2, 0.25) is 5.02 Å². The van der Waals surface area contributed by atoms with E-state index in [2.05, 4.69) is 0 Å². The molecular weight excluding hydrogens is 318 g/mol. The quantitative estimate of drug-likeness (QED) is 0.865. The number of ether oxygens (including phenoxy) is 1. The van der Waals surface area contributed by atoms with E-state index in [0.29, 0.717) is 23.7 Å². The molecular formula is C17H22ClNO4. The van der Waals surface area contributed by atoms with Crippen molar-refractivity contribution in [2.45, 2.75) is 32.1 Å². The summed E-state index contributed by atoms with van der Waals surface area (Å²) in [6.07, 6.45) is 2.96. The van der Waals surface area contributed by atoms with Crippen LogP contribution in [-0.2, 0) is 16.0 Å². The molecule has 2 rings (SSSR count). The standard InChI is InChI=1S/C17H22ClNO4/c1-23-14-6-5-13(15(18)10-14)9-16(20)19-8-2-3-12(11-19)4-7-17(21)22/h5-6,10,12H,2-4,7-9,11H2,1H3,(H,21,22)/t12-/m1/s1. The van der Waals surface area contributed by atoms with Crippen molar-refractivity contribution in [1.29, 1.82) is 0 Å². The highest BCUT2D eigenvalue weighted by molar-refractivity contribution is 6.31. The van der Waals surface area contributed by atoms with Gasteiger partial charge >= 0.3 is 5.97 Å². The fraction of sp³-hybridized carbons (Fsp3) is 0.529. The summed E-state index contributed by atoms with van der Waals surface area (Å²) in [6.45, 7) is 1.37. The number of piperidine rings is 1. The summed E-state index contributed by atoms with van der Waals surface area (Å²) in [5, 5.41) is 9.31. The maximum Gasteiger partial charge on any atom is 0.303 e. The molecule has 126 valence electrons. The summed E-state index contributed by atoms with van der Waals surface area (Å²) in [7, 11) is 1.57. The first kappa shape index (κ1) is 17.6. The van der Waals surface area contributed by atoms with E-state index < -0.39 is 5.97 Å². The van der Waals surface area contributed by atoms with E-state index in [4.69, 9.17) is 21.4 Å². The zero-order valence-corrected chi connectivity index (χ0v) is 14.0. The highest BCUT2D eigenvalue weighted by Crippen LogP contribution is 2.25. The number of carboxylic acids is 1. The minimum atomic E-state index is -0.779. The number of carbonyl (C=O) groups is 2. The number of benzene rings is 1. The number of amides is 1. The molecule has 1 aromatic carbocycles. The molecule has 0 spiro atoms. The normalized spacial score (nSPS) is 17.8. The Balaban J connectivity index is 1.93. The molecule has 0 saturated carbocycles. The van der Waals surface area contributed by atoms with E-state index in [9.17, 15) is 9.59 Å². The fourth-order valence-electron chi connectivity index (χ4n) is 2.93. The molecule has 1 heterocycles. The third kappa shape index (κ3) is 5.13. The lowest BCUT2D eigenvalue weighted by Gasteiger charge is -2.32. The molecule has 0 aliphatic carbocycles. The van der Waals surface area contributed by atoms with E-state index in [-0.39, 0.29) is 24.7 Å². The van der Waals surface area contributed by atoms with Gasteiger partial charge in [-0.25, -0.2) is 0 Å². The van der Waals surface area contributed by atoms with Crippen LogP contribution in [0.3, 0.4) is 0 Å². The number of methoxy groups -OCH3 is 1. The summed E-state index contributed by atoms with van der Waals surface area (Å²) in [4.78, 5) is 25.0. The number of hydrogen-bond donors (Lipinski definition) is 1. The van der Waals surface area contributed by atoms with Gasteiger partial charge in [-0.15, -0.1) is 0 Å². The molecule has 1 aromatic rings. The van der Waals surface area contributed by atoms with Crippen LogP contribution in [0.15, 0.2) is 18.2 Å². The molecule has 1 saturated heterocycles. The summed E-state index contributed by atoms with van der Waals surface area (Å²) in [6, 6.07) is 5.31. The van der Waals surface area contributed by atoms with Gasteiger partial charge < -0.3 is 14.7 Å². The van der Waals surface area contributed by atoms with Gasteiger partial charge in [0.05, 0.1) is 13.5 Å². The number of nitrogens with zero attached hydrogens (tertiary/aromatic N) is 1. The molecule has 0 unspecified atom stereocenters. The summed E-state index contributed by atoms with van der Waals surface area (Å²) in [5.74, 6) is 0.198. The molecule has 1 N–H and O–H groups in total. The first-order valence-corrected chi connectivity index (χ1v) is 8.19. The van der Waals surface area contributed by atoms with Gasteiger partial charge in [0, 0.05) is 24.5 Å². The summed E-state index contributed by atoms with van der Waals surface area (Å²) >= 11 is 6.19. The predicted molar refractivity (Wildman–Crippen MR) is 87.9 cm³/mol. The van der Waals surface area contributed by atoms with Gasteiger partial charge in [-0.2, -0.15) is 0 Å². The maximum absolute atomic E-state index is 12.5. The van der Waals surface area contributed by atoms with Gasteiger partial charge in [0.25, 0.3) is 0 Å². The van der Waals surface area contributed by atoms with Crippen LogP contribution in [-0.4, -0.2) is 42.1 Å². The smallest absolute Gasteiger partial charge is 0.303 e. The first-order chi connectivity index (χ1) is 11.0. The van der Waals surface area contributed by atoms with E-state index >= 15 is 0 Å². The monoisotopic (exact) mass is 339 g/mol. The molecule has 6 heteroatoms.